The fourth-order valence-corrected chi connectivity index (χ4v) is 12.3. The molecule has 0 saturated carbocycles. The molecule has 0 fully saturated rings. The molecule has 2 aromatic heterocycles. The van der Waals surface area contributed by atoms with Crippen molar-refractivity contribution in [1.82, 2.24) is 0 Å². The molecule has 0 unspecified atom stereocenters. The van der Waals surface area contributed by atoms with Crippen LogP contribution in [0.25, 0.3) is 86.6 Å². The lowest BCUT2D eigenvalue weighted by molar-refractivity contribution is 0.670. The maximum absolute atomic E-state index is 6.55. The molecule has 3 heteroatoms. The normalized spacial score (nSPS) is 13.1. The van der Waals surface area contributed by atoms with Crippen molar-refractivity contribution >= 4 is 70.5 Å². The van der Waals surface area contributed by atoms with Crippen LogP contribution in [0.1, 0.15) is 22.3 Å². The first-order valence-electron chi connectivity index (χ1n) is 22.0. The molecule has 2 heterocycles. The second kappa shape index (κ2) is 13.5. The van der Waals surface area contributed by atoms with Gasteiger partial charge in [-0.3, -0.25) is 0 Å². The summed E-state index contributed by atoms with van der Waals surface area (Å²) in [4.78, 5) is 2.45. The third-order valence-corrected chi connectivity index (χ3v) is 15.0. The Kier molecular flexibility index (Phi) is 7.51. The van der Waals surface area contributed by atoms with Gasteiger partial charge in [-0.2, -0.15) is 0 Å². The molecule has 64 heavy (non-hydrogen) atoms. The minimum Gasteiger partial charge on any atom is -0.455 e. The van der Waals surface area contributed by atoms with E-state index < -0.39 is 5.41 Å². The first-order chi connectivity index (χ1) is 31.7. The number of hydrogen-bond acceptors (Lipinski definition) is 3. The van der Waals surface area contributed by atoms with Crippen LogP contribution in [-0.2, 0) is 5.41 Å². The van der Waals surface area contributed by atoms with Crippen LogP contribution in [0, 0.1) is 0 Å². The van der Waals surface area contributed by atoms with Crippen LogP contribution in [-0.4, -0.2) is 0 Å². The van der Waals surface area contributed by atoms with Gasteiger partial charge in [-0.25, -0.2) is 0 Å². The molecule has 10 aromatic carbocycles. The van der Waals surface area contributed by atoms with E-state index in [1.165, 1.54) is 64.7 Å². The predicted molar refractivity (Wildman–Crippen MR) is 268 cm³/mol. The van der Waals surface area contributed by atoms with E-state index in [0.717, 1.165) is 61.3 Å². The van der Waals surface area contributed by atoms with Gasteiger partial charge in [0.1, 0.15) is 11.2 Å². The van der Waals surface area contributed by atoms with E-state index in [4.69, 9.17) is 4.42 Å². The van der Waals surface area contributed by atoms with Crippen LogP contribution in [0.3, 0.4) is 0 Å². The Morgan fingerprint density at radius 3 is 1.64 bits per heavy atom. The molecule has 0 radical (unpaired) electrons. The van der Waals surface area contributed by atoms with E-state index in [9.17, 15) is 0 Å². The Bertz CT molecular complexity index is 3790. The molecule has 2 aliphatic carbocycles. The zero-order valence-corrected chi connectivity index (χ0v) is 35.4. The SMILES string of the molecule is c1ccc(-c2cccc3c2oc2ccc(-c4ccc(N(c5ccc6c(c5)C5(c7ccccc7-c7ccccc75)c5ccccc5-6)c5ccc6c(c5)sc5ccccc56)cc4)cc23)cc1. The van der Waals surface area contributed by atoms with Gasteiger partial charge < -0.3 is 9.32 Å². The van der Waals surface area contributed by atoms with Gasteiger partial charge in [-0.15, -0.1) is 11.3 Å². The Morgan fingerprint density at radius 1 is 0.328 bits per heavy atom. The summed E-state index contributed by atoms with van der Waals surface area (Å²) in [5.74, 6) is 0. The van der Waals surface area contributed by atoms with E-state index in [-0.39, 0.29) is 0 Å². The van der Waals surface area contributed by atoms with Crippen molar-refractivity contribution in [1.29, 1.82) is 0 Å². The molecule has 0 N–H and O–H groups in total. The molecular formula is C61H37NOS. The molecule has 298 valence electrons. The van der Waals surface area contributed by atoms with Crippen molar-refractivity contribution in [3.05, 3.63) is 247 Å². The quantitative estimate of drug-likeness (QED) is 0.172. The highest BCUT2D eigenvalue weighted by Gasteiger charge is 2.51. The Labute approximate surface area is 374 Å². The van der Waals surface area contributed by atoms with Crippen molar-refractivity contribution in [3.8, 4) is 44.5 Å². The molecule has 1 spiro atoms. The van der Waals surface area contributed by atoms with Crippen LogP contribution < -0.4 is 4.90 Å². The lowest BCUT2D eigenvalue weighted by Crippen LogP contribution is -2.26. The van der Waals surface area contributed by atoms with Gasteiger partial charge >= 0.3 is 0 Å². The van der Waals surface area contributed by atoms with Crippen molar-refractivity contribution in [2.75, 3.05) is 4.90 Å². The topological polar surface area (TPSA) is 16.4 Å². The summed E-state index contributed by atoms with van der Waals surface area (Å²) in [6, 6.07) is 82.7. The zero-order chi connectivity index (χ0) is 41.9. The van der Waals surface area contributed by atoms with Gasteiger partial charge in [0.15, 0.2) is 0 Å². The molecule has 14 rings (SSSR count). The maximum Gasteiger partial charge on any atom is 0.143 e. The predicted octanol–water partition coefficient (Wildman–Crippen LogP) is 17.1. The molecular weight excluding hydrogens is 795 g/mol. The van der Waals surface area contributed by atoms with Gasteiger partial charge in [-0.1, -0.05) is 170 Å². The Balaban J connectivity index is 0.939. The van der Waals surface area contributed by atoms with E-state index in [0.29, 0.717) is 0 Å². The van der Waals surface area contributed by atoms with E-state index in [1.54, 1.807) is 0 Å². The largest absolute Gasteiger partial charge is 0.455 e. The summed E-state index contributed by atoms with van der Waals surface area (Å²) >= 11 is 1.86. The fourth-order valence-electron chi connectivity index (χ4n) is 11.1. The summed E-state index contributed by atoms with van der Waals surface area (Å²) < 4.78 is 9.13. The number of benzene rings is 10. The number of fused-ring (bicyclic) bond motifs is 16. The standard InChI is InChI=1S/C61H37NOS/c1-2-13-39(14-3-1)44-19-12-20-51-52-35-40(27-34-57(52)63-60(44)51)38-25-28-41(29-26-38)62(43-31-33-50-49-18-7-11-24-58(49)64-59(50)37-43)42-30-32-48-47-17-6-10-23-55(47)61(56(48)36-42)53-21-8-4-15-45(53)46-16-5-9-22-54(46)61/h1-37H. The number of nitrogens with zero attached hydrogens (tertiary/aromatic N) is 1. The van der Waals surface area contributed by atoms with Gasteiger partial charge in [0.25, 0.3) is 0 Å². The first-order valence-corrected chi connectivity index (χ1v) is 22.8. The molecule has 0 atom stereocenters. The summed E-state index contributed by atoms with van der Waals surface area (Å²) in [6.07, 6.45) is 0. The number of rotatable bonds is 5. The van der Waals surface area contributed by atoms with Crippen LogP contribution in [0.2, 0.25) is 0 Å². The highest BCUT2D eigenvalue weighted by Crippen LogP contribution is 2.63. The highest BCUT2D eigenvalue weighted by atomic mass is 32.1. The summed E-state index contributed by atoms with van der Waals surface area (Å²) in [6.45, 7) is 0. The lowest BCUT2D eigenvalue weighted by Gasteiger charge is -2.32. The number of furan rings is 1. The average Bonchev–Trinajstić information content (AvgIpc) is 4.09. The maximum atomic E-state index is 6.55. The van der Waals surface area contributed by atoms with Gasteiger partial charge in [-0.05, 0) is 116 Å². The first kappa shape index (κ1) is 35.6. The third-order valence-electron chi connectivity index (χ3n) is 13.9. The van der Waals surface area contributed by atoms with E-state index in [1.807, 2.05) is 11.3 Å². The molecule has 12 aromatic rings. The minimum absolute atomic E-state index is 0.433. The minimum atomic E-state index is -0.433. The average molecular weight is 832 g/mol. The molecule has 0 bridgehead atoms. The molecule has 0 saturated heterocycles. The van der Waals surface area contributed by atoms with Crippen LogP contribution >= 0.6 is 11.3 Å². The lowest BCUT2D eigenvalue weighted by atomic mass is 9.70. The summed E-state index contributed by atoms with van der Waals surface area (Å²) in [7, 11) is 0. The molecule has 0 amide bonds. The van der Waals surface area contributed by atoms with Crippen molar-refractivity contribution < 1.29 is 4.42 Å². The van der Waals surface area contributed by atoms with Crippen LogP contribution in [0.4, 0.5) is 17.1 Å². The number of para-hydroxylation sites is 1. The Morgan fingerprint density at radius 2 is 0.891 bits per heavy atom. The summed E-state index contributed by atoms with van der Waals surface area (Å²) in [5.41, 5.74) is 19.9. The van der Waals surface area contributed by atoms with Crippen molar-refractivity contribution in [2.24, 2.45) is 0 Å². The van der Waals surface area contributed by atoms with Crippen molar-refractivity contribution in [2.45, 2.75) is 5.41 Å². The highest BCUT2D eigenvalue weighted by molar-refractivity contribution is 7.25. The second-order valence-electron chi connectivity index (χ2n) is 17.1. The summed E-state index contributed by atoms with van der Waals surface area (Å²) in [5, 5.41) is 4.84. The third kappa shape index (κ3) is 4.96. The smallest absolute Gasteiger partial charge is 0.143 e. The van der Waals surface area contributed by atoms with Crippen LogP contribution in [0.5, 0.6) is 0 Å². The number of anilines is 3. The van der Waals surface area contributed by atoms with Gasteiger partial charge in [0, 0.05) is 53.6 Å². The number of thiophene rings is 1. The Hall–Kier alpha value is -7.98. The number of hydrogen-bond donors (Lipinski definition) is 0. The van der Waals surface area contributed by atoms with Gasteiger partial charge in [0.2, 0.25) is 0 Å². The molecule has 0 aliphatic heterocycles. The van der Waals surface area contributed by atoms with E-state index >= 15 is 0 Å². The monoisotopic (exact) mass is 831 g/mol. The second-order valence-corrected chi connectivity index (χ2v) is 18.2. The molecule has 2 aliphatic rings. The van der Waals surface area contributed by atoms with Crippen LogP contribution in [0.15, 0.2) is 229 Å². The zero-order valence-electron chi connectivity index (χ0n) is 34.6. The van der Waals surface area contributed by atoms with E-state index in [2.05, 4.69) is 229 Å². The van der Waals surface area contributed by atoms with Gasteiger partial charge in [0.05, 0.1) is 5.41 Å². The molecule has 2 nitrogen and oxygen atoms in total. The fraction of sp³-hybridized carbons (Fsp3) is 0.0164. The van der Waals surface area contributed by atoms with Crippen molar-refractivity contribution in [3.63, 3.8) is 0 Å².